The lowest BCUT2D eigenvalue weighted by atomic mass is 9.91. The standard InChI is InChI=1S/C14H11ClN2O4S2/c15-6-1-2-8-7(5-6)10(12(20)16-8)11-13(21)17(14(22)23-11)4-3-9(18)19/h1-2,5,7-8H,3-4H2,(H,16,20)(H,18,19). The maximum absolute atomic E-state index is 12.5. The van der Waals surface area contributed by atoms with Gasteiger partial charge in [0.25, 0.3) is 5.91 Å². The molecule has 2 aliphatic heterocycles. The van der Waals surface area contributed by atoms with Gasteiger partial charge in [0, 0.05) is 23.1 Å². The largest absolute Gasteiger partial charge is 0.481 e. The van der Waals surface area contributed by atoms with Crippen LogP contribution in [0.4, 0.5) is 0 Å². The van der Waals surface area contributed by atoms with Crippen LogP contribution in [0.25, 0.3) is 0 Å². The number of nitrogens with zero attached hydrogens (tertiary/aromatic N) is 1. The number of carbonyl (C=O) groups is 3. The first-order valence-electron chi connectivity index (χ1n) is 6.74. The first-order valence-corrected chi connectivity index (χ1v) is 8.35. The van der Waals surface area contributed by atoms with Gasteiger partial charge in [-0.15, -0.1) is 0 Å². The molecule has 2 saturated heterocycles. The van der Waals surface area contributed by atoms with E-state index in [-0.39, 0.29) is 40.1 Å². The summed E-state index contributed by atoms with van der Waals surface area (Å²) in [5.41, 5.74) is 0.340. The number of nitrogens with one attached hydrogen (secondary N) is 1. The number of halogens is 1. The van der Waals surface area contributed by atoms with E-state index >= 15 is 0 Å². The van der Waals surface area contributed by atoms with E-state index in [2.05, 4.69) is 5.32 Å². The van der Waals surface area contributed by atoms with E-state index < -0.39 is 11.9 Å². The van der Waals surface area contributed by atoms with Gasteiger partial charge < -0.3 is 10.4 Å². The fraction of sp³-hybridized carbons (Fsp3) is 0.286. The fourth-order valence-corrected chi connectivity index (χ4v) is 4.27. The number of thiocarbonyl (C=S) groups is 1. The number of aliphatic carboxylic acids is 1. The molecule has 0 spiro atoms. The molecule has 2 heterocycles. The average Bonchev–Trinajstić information content (AvgIpc) is 2.93. The van der Waals surface area contributed by atoms with Gasteiger partial charge in [-0.05, 0) is 6.08 Å². The average molecular weight is 371 g/mol. The van der Waals surface area contributed by atoms with Crippen LogP contribution in [0.2, 0.25) is 0 Å². The topological polar surface area (TPSA) is 86.7 Å². The molecule has 1 aliphatic carbocycles. The van der Waals surface area contributed by atoms with Gasteiger partial charge in [-0.25, -0.2) is 0 Å². The molecule has 120 valence electrons. The van der Waals surface area contributed by atoms with E-state index in [0.29, 0.717) is 10.6 Å². The number of fused-ring (bicyclic) bond motifs is 1. The Kier molecular flexibility index (Phi) is 4.31. The van der Waals surface area contributed by atoms with Crippen LogP contribution in [-0.4, -0.2) is 44.7 Å². The van der Waals surface area contributed by atoms with Crippen molar-refractivity contribution in [1.29, 1.82) is 0 Å². The van der Waals surface area contributed by atoms with Gasteiger partial charge in [-0.3, -0.25) is 19.3 Å². The summed E-state index contributed by atoms with van der Waals surface area (Å²) in [6, 6.07) is -0.234. The summed E-state index contributed by atoms with van der Waals surface area (Å²) in [4.78, 5) is 37.0. The highest BCUT2D eigenvalue weighted by Gasteiger charge is 2.44. The molecule has 0 aromatic rings. The minimum Gasteiger partial charge on any atom is -0.481 e. The molecule has 3 aliphatic rings. The third-order valence-electron chi connectivity index (χ3n) is 3.71. The molecule has 0 aromatic heterocycles. The van der Waals surface area contributed by atoms with Crippen LogP contribution in [0, 0.1) is 5.92 Å². The number of hydrogen-bond acceptors (Lipinski definition) is 5. The van der Waals surface area contributed by atoms with Crippen LogP contribution in [0.1, 0.15) is 6.42 Å². The molecule has 0 bridgehead atoms. The zero-order valence-corrected chi connectivity index (χ0v) is 14.0. The highest BCUT2D eigenvalue weighted by Crippen LogP contribution is 2.40. The van der Waals surface area contributed by atoms with Gasteiger partial charge in [-0.2, -0.15) is 0 Å². The second-order valence-corrected chi connectivity index (χ2v) is 7.23. The monoisotopic (exact) mass is 370 g/mol. The molecule has 2 atom stereocenters. The van der Waals surface area contributed by atoms with Crippen molar-refractivity contribution >= 4 is 57.7 Å². The van der Waals surface area contributed by atoms with Crippen molar-refractivity contribution in [2.24, 2.45) is 5.92 Å². The molecular formula is C14H11ClN2O4S2. The third-order valence-corrected chi connectivity index (χ3v) is 5.42. The SMILES string of the molecule is O=C(O)CCN1C(=O)C(=C2C(=O)NC3C=CC(Cl)=CC23)SC1=S. The summed E-state index contributed by atoms with van der Waals surface area (Å²) in [7, 11) is 0. The Morgan fingerprint density at radius 1 is 1.48 bits per heavy atom. The number of carboxylic acids is 1. The smallest absolute Gasteiger partial charge is 0.305 e. The van der Waals surface area contributed by atoms with E-state index in [0.717, 1.165) is 11.8 Å². The maximum Gasteiger partial charge on any atom is 0.305 e. The molecule has 0 aromatic carbocycles. The molecule has 9 heteroatoms. The van der Waals surface area contributed by atoms with Gasteiger partial charge in [0.15, 0.2) is 0 Å². The van der Waals surface area contributed by atoms with Gasteiger partial charge in [0.2, 0.25) is 5.91 Å². The maximum atomic E-state index is 12.5. The lowest BCUT2D eigenvalue weighted by molar-refractivity contribution is -0.137. The fourth-order valence-electron chi connectivity index (χ4n) is 2.64. The van der Waals surface area contributed by atoms with Crippen LogP contribution in [-0.2, 0) is 14.4 Å². The van der Waals surface area contributed by atoms with E-state index in [4.69, 9.17) is 28.9 Å². The summed E-state index contributed by atoms with van der Waals surface area (Å²) in [6.07, 6.45) is 5.00. The van der Waals surface area contributed by atoms with Crippen molar-refractivity contribution in [1.82, 2.24) is 10.2 Å². The van der Waals surface area contributed by atoms with E-state index in [9.17, 15) is 14.4 Å². The zero-order valence-electron chi connectivity index (χ0n) is 11.6. The van der Waals surface area contributed by atoms with Crippen molar-refractivity contribution < 1.29 is 19.5 Å². The number of carbonyl (C=O) groups excluding carboxylic acids is 2. The first-order chi connectivity index (χ1) is 10.9. The van der Waals surface area contributed by atoms with Gasteiger partial charge in [-0.1, -0.05) is 47.7 Å². The predicted octanol–water partition coefficient (Wildman–Crippen LogP) is 1.38. The molecule has 6 nitrogen and oxygen atoms in total. The molecule has 23 heavy (non-hydrogen) atoms. The lowest BCUT2D eigenvalue weighted by Crippen LogP contribution is -2.31. The Balaban J connectivity index is 1.93. The van der Waals surface area contributed by atoms with Crippen molar-refractivity contribution in [2.45, 2.75) is 12.5 Å². The molecule has 2 fully saturated rings. The minimum atomic E-state index is -1.02. The quantitative estimate of drug-likeness (QED) is 0.576. The summed E-state index contributed by atoms with van der Waals surface area (Å²) in [6.45, 7) is -0.0109. The van der Waals surface area contributed by atoms with Crippen molar-refractivity contribution in [2.75, 3.05) is 6.54 Å². The van der Waals surface area contributed by atoms with Crippen LogP contribution < -0.4 is 5.32 Å². The summed E-state index contributed by atoms with van der Waals surface area (Å²) in [5.74, 6) is -2.09. The Hall–Kier alpha value is -1.64. The Bertz CT molecular complexity index is 728. The van der Waals surface area contributed by atoms with Crippen LogP contribution in [0.15, 0.2) is 33.7 Å². The van der Waals surface area contributed by atoms with Crippen molar-refractivity contribution in [3.05, 3.63) is 33.7 Å². The third kappa shape index (κ3) is 2.93. The molecule has 0 saturated carbocycles. The van der Waals surface area contributed by atoms with Crippen LogP contribution in [0.3, 0.4) is 0 Å². The molecule has 0 radical (unpaired) electrons. The Morgan fingerprint density at radius 3 is 2.91 bits per heavy atom. The normalized spacial score (nSPS) is 29.7. The number of amides is 2. The van der Waals surface area contributed by atoms with Crippen LogP contribution in [0.5, 0.6) is 0 Å². The first kappa shape index (κ1) is 16.2. The highest BCUT2D eigenvalue weighted by molar-refractivity contribution is 8.26. The second-order valence-electron chi connectivity index (χ2n) is 5.15. The highest BCUT2D eigenvalue weighted by atomic mass is 35.5. The number of allylic oxidation sites excluding steroid dienone is 2. The Labute approximate surface area is 146 Å². The lowest BCUT2D eigenvalue weighted by Gasteiger charge is -2.16. The molecule has 2 unspecified atom stereocenters. The van der Waals surface area contributed by atoms with E-state index in [1.807, 2.05) is 0 Å². The predicted molar refractivity (Wildman–Crippen MR) is 89.7 cm³/mol. The van der Waals surface area contributed by atoms with Gasteiger partial charge >= 0.3 is 5.97 Å². The van der Waals surface area contributed by atoms with Crippen molar-refractivity contribution in [3.63, 3.8) is 0 Å². The second kappa shape index (κ2) is 6.10. The number of carboxylic acid groups (broad SMARTS) is 1. The number of thioether (sulfide) groups is 1. The van der Waals surface area contributed by atoms with Crippen molar-refractivity contribution in [3.8, 4) is 0 Å². The van der Waals surface area contributed by atoms with Gasteiger partial charge in [0.1, 0.15) is 4.32 Å². The van der Waals surface area contributed by atoms with Gasteiger partial charge in [0.05, 0.1) is 17.4 Å². The van der Waals surface area contributed by atoms with E-state index in [1.165, 1.54) is 4.90 Å². The Morgan fingerprint density at radius 2 is 2.22 bits per heavy atom. The molecule has 2 N–H and O–H groups in total. The molecule has 2 amide bonds. The minimum absolute atomic E-state index is 0.0109. The number of hydrogen-bond donors (Lipinski definition) is 2. The summed E-state index contributed by atoms with van der Waals surface area (Å²) in [5, 5.41) is 12.1. The zero-order chi connectivity index (χ0) is 16.7. The summed E-state index contributed by atoms with van der Waals surface area (Å²) >= 11 is 12.2. The molecular weight excluding hydrogens is 360 g/mol. The number of rotatable bonds is 3. The van der Waals surface area contributed by atoms with E-state index in [1.54, 1.807) is 18.2 Å². The summed E-state index contributed by atoms with van der Waals surface area (Å²) < 4.78 is 0.261. The van der Waals surface area contributed by atoms with Crippen LogP contribution >= 0.6 is 35.6 Å². The molecule has 3 rings (SSSR count).